The van der Waals surface area contributed by atoms with Crippen molar-refractivity contribution in [2.45, 2.75) is 45.6 Å². The van der Waals surface area contributed by atoms with Crippen molar-refractivity contribution >= 4 is 22.0 Å². The van der Waals surface area contributed by atoms with E-state index < -0.39 is 39.2 Å². The Morgan fingerprint density at radius 2 is 1.90 bits per heavy atom. The number of carbonyl (C=O) groups is 2. The van der Waals surface area contributed by atoms with Crippen LogP contribution in [0.25, 0.3) is 0 Å². The summed E-state index contributed by atoms with van der Waals surface area (Å²) in [6.07, 6.45) is 1.85. The summed E-state index contributed by atoms with van der Waals surface area (Å²) >= 11 is 0. The van der Waals surface area contributed by atoms with Crippen molar-refractivity contribution in [2.75, 3.05) is 12.9 Å². The third kappa shape index (κ3) is 4.67. The number of carboxylic acid groups (broad SMARTS) is 1. The minimum atomic E-state index is -3.88. The maximum Gasteiger partial charge on any atom is 0.321 e. The van der Waals surface area contributed by atoms with Gasteiger partial charge in [-0.3, -0.25) is 9.59 Å². The molecule has 0 aromatic rings. The Labute approximate surface area is 125 Å². The largest absolute Gasteiger partial charge is 0.480 e. The molecular weight excluding hydrogens is 298 g/mol. The maximum absolute atomic E-state index is 12.2. The summed E-state index contributed by atoms with van der Waals surface area (Å²) in [5.74, 6) is -2.15. The van der Waals surface area contributed by atoms with E-state index in [1.807, 2.05) is 13.8 Å². The molecule has 1 rings (SSSR count). The second-order valence-corrected chi connectivity index (χ2v) is 7.78. The molecule has 1 fully saturated rings. The predicted molar refractivity (Wildman–Crippen MR) is 76.1 cm³/mol. The van der Waals surface area contributed by atoms with Crippen molar-refractivity contribution in [1.29, 1.82) is 0 Å². The molecule has 21 heavy (non-hydrogen) atoms. The van der Waals surface area contributed by atoms with Crippen LogP contribution in [-0.4, -0.2) is 44.4 Å². The average molecular weight is 321 g/mol. The Morgan fingerprint density at radius 1 is 1.33 bits per heavy atom. The van der Waals surface area contributed by atoms with E-state index in [2.05, 4.69) is 9.46 Å². The number of methoxy groups -OCH3 is 1. The number of esters is 1. The smallest absolute Gasteiger partial charge is 0.321 e. The third-order valence-electron chi connectivity index (χ3n) is 3.72. The monoisotopic (exact) mass is 321 g/mol. The molecule has 0 unspecified atom stereocenters. The molecule has 0 spiro atoms. The number of hydrogen-bond donors (Lipinski definition) is 2. The normalized spacial score (nSPS) is 18.9. The fourth-order valence-electron chi connectivity index (χ4n) is 2.52. The van der Waals surface area contributed by atoms with Crippen molar-refractivity contribution in [1.82, 2.24) is 4.72 Å². The van der Waals surface area contributed by atoms with Gasteiger partial charge in [0.05, 0.1) is 18.3 Å². The van der Waals surface area contributed by atoms with Crippen LogP contribution in [0.15, 0.2) is 0 Å². The van der Waals surface area contributed by atoms with Crippen molar-refractivity contribution in [2.24, 2.45) is 11.3 Å². The molecule has 0 aromatic heterocycles. The molecule has 122 valence electrons. The summed E-state index contributed by atoms with van der Waals surface area (Å²) in [5, 5.41) is 9.09. The highest BCUT2D eigenvalue weighted by Gasteiger charge is 2.49. The summed E-state index contributed by atoms with van der Waals surface area (Å²) in [4.78, 5) is 22.9. The Bertz CT molecular complexity index is 495. The summed E-state index contributed by atoms with van der Waals surface area (Å²) in [5.41, 5.74) is -1.03. The van der Waals surface area contributed by atoms with E-state index in [1.165, 1.54) is 7.11 Å². The van der Waals surface area contributed by atoms with Crippen LogP contribution in [0.5, 0.6) is 0 Å². The van der Waals surface area contributed by atoms with E-state index >= 15 is 0 Å². The SMILES string of the molecule is COC(=O)C1(CS(=O)(=O)N[C@@H](CC(C)C)C(=O)O)CCC1. The molecule has 0 amide bonds. The Hall–Kier alpha value is -1.15. The number of sulfonamides is 1. The van der Waals surface area contributed by atoms with E-state index in [9.17, 15) is 18.0 Å². The zero-order valence-electron chi connectivity index (χ0n) is 12.6. The second kappa shape index (κ2) is 6.74. The molecule has 1 saturated carbocycles. The summed E-state index contributed by atoms with van der Waals surface area (Å²) in [6.45, 7) is 3.62. The van der Waals surface area contributed by atoms with Crippen LogP contribution in [0.3, 0.4) is 0 Å². The molecule has 0 bridgehead atoms. The first-order valence-electron chi connectivity index (χ1n) is 6.93. The standard InChI is InChI=1S/C13H23NO6S/c1-9(2)7-10(11(15)16)14-21(18,19)8-13(5-4-6-13)12(17)20-3/h9-10,14H,4-8H2,1-3H3,(H,15,16)/t10-/m0/s1. The highest BCUT2D eigenvalue weighted by Crippen LogP contribution is 2.43. The molecule has 1 atom stereocenters. The van der Waals surface area contributed by atoms with E-state index in [1.54, 1.807) is 0 Å². The lowest BCUT2D eigenvalue weighted by Crippen LogP contribution is -2.50. The van der Waals surface area contributed by atoms with Gasteiger partial charge in [-0.2, -0.15) is 0 Å². The Morgan fingerprint density at radius 3 is 2.24 bits per heavy atom. The van der Waals surface area contributed by atoms with Crippen LogP contribution in [-0.2, 0) is 24.3 Å². The van der Waals surface area contributed by atoms with Gasteiger partial charge in [-0.05, 0) is 25.2 Å². The topological polar surface area (TPSA) is 110 Å². The molecule has 7 nitrogen and oxygen atoms in total. The number of rotatable bonds is 8. The number of carboxylic acids is 1. The van der Waals surface area contributed by atoms with Crippen LogP contribution >= 0.6 is 0 Å². The minimum absolute atomic E-state index is 0.0343. The van der Waals surface area contributed by atoms with Gasteiger partial charge in [0.1, 0.15) is 6.04 Å². The van der Waals surface area contributed by atoms with Gasteiger partial charge in [-0.1, -0.05) is 20.3 Å². The third-order valence-corrected chi connectivity index (χ3v) is 5.30. The van der Waals surface area contributed by atoms with Crippen molar-refractivity contribution in [3.05, 3.63) is 0 Å². The summed E-state index contributed by atoms with van der Waals surface area (Å²) in [7, 11) is -2.65. The van der Waals surface area contributed by atoms with Crippen molar-refractivity contribution in [3.63, 3.8) is 0 Å². The number of nitrogens with one attached hydrogen (secondary N) is 1. The lowest BCUT2D eigenvalue weighted by Gasteiger charge is -2.38. The van der Waals surface area contributed by atoms with E-state index in [0.29, 0.717) is 12.8 Å². The van der Waals surface area contributed by atoms with Gasteiger partial charge in [0.2, 0.25) is 10.0 Å². The predicted octanol–water partition coefficient (Wildman–Crippen LogP) is 0.748. The second-order valence-electron chi connectivity index (χ2n) is 6.02. The maximum atomic E-state index is 12.2. The zero-order valence-corrected chi connectivity index (χ0v) is 13.4. The minimum Gasteiger partial charge on any atom is -0.480 e. The summed E-state index contributed by atoms with van der Waals surface area (Å²) in [6, 6.07) is -1.18. The molecule has 0 heterocycles. The fourth-order valence-corrected chi connectivity index (χ4v) is 4.37. The summed E-state index contributed by atoms with van der Waals surface area (Å²) < 4.78 is 31.2. The van der Waals surface area contributed by atoms with E-state index in [-0.39, 0.29) is 12.3 Å². The molecule has 0 radical (unpaired) electrons. The van der Waals surface area contributed by atoms with Gasteiger partial charge in [0, 0.05) is 0 Å². The molecule has 1 aliphatic carbocycles. The number of hydrogen-bond acceptors (Lipinski definition) is 5. The number of carbonyl (C=O) groups excluding carboxylic acids is 1. The van der Waals surface area contributed by atoms with E-state index in [0.717, 1.165) is 6.42 Å². The highest BCUT2D eigenvalue weighted by atomic mass is 32.2. The van der Waals surface area contributed by atoms with Crippen LogP contribution in [0.2, 0.25) is 0 Å². The molecule has 0 aliphatic heterocycles. The van der Waals surface area contributed by atoms with Crippen LogP contribution in [0.4, 0.5) is 0 Å². The van der Waals surface area contributed by atoms with Gasteiger partial charge >= 0.3 is 11.9 Å². The highest BCUT2D eigenvalue weighted by molar-refractivity contribution is 7.89. The first-order chi connectivity index (χ1) is 9.62. The fraction of sp³-hybridized carbons (Fsp3) is 0.846. The lowest BCUT2D eigenvalue weighted by atomic mass is 9.70. The van der Waals surface area contributed by atoms with Gasteiger partial charge in [0.25, 0.3) is 0 Å². The van der Waals surface area contributed by atoms with Crippen molar-refractivity contribution in [3.8, 4) is 0 Å². The van der Waals surface area contributed by atoms with Gasteiger partial charge < -0.3 is 9.84 Å². The van der Waals surface area contributed by atoms with Crippen molar-refractivity contribution < 1.29 is 27.9 Å². The Balaban J connectivity index is 2.80. The van der Waals surface area contributed by atoms with Gasteiger partial charge in [-0.15, -0.1) is 0 Å². The molecule has 8 heteroatoms. The van der Waals surface area contributed by atoms with Gasteiger partial charge in [-0.25, -0.2) is 13.1 Å². The molecular formula is C13H23NO6S. The van der Waals surface area contributed by atoms with Crippen LogP contribution in [0.1, 0.15) is 39.5 Å². The molecule has 2 N–H and O–H groups in total. The quantitative estimate of drug-likeness (QED) is 0.638. The zero-order chi connectivity index (χ0) is 16.3. The molecule has 0 aromatic carbocycles. The molecule has 1 aliphatic rings. The first-order valence-corrected chi connectivity index (χ1v) is 8.58. The average Bonchev–Trinajstić information content (AvgIpc) is 2.31. The van der Waals surface area contributed by atoms with Gasteiger partial charge in [0.15, 0.2) is 0 Å². The lowest BCUT2D eigenvalue weighted by molar-refractivity contribution is -0.156. The Kier molecular flexibility index (Phi) is 5.75. The number of aliphatic carboxylic acids is 1. The first kappa shape index (κ1) is 17.9. The van der Waals surface area contributed by atoms with E-state index in [4.69, 9.17) is 5.11 Å². The molecule has 0 saturated heterocycles. The van der Waals surface area contributed by atoms with Crippen LogP contribution in [0, 0.1) is 11.3 Å². The number of ether oxygens (including phenoxy) is 1. The van der Waals surface area contributed by atoms with Crippen LogP contribution < -0.4 is 4.72 Å².